The lowest BCUT2D eigenvalue weighted by Crippen LogP contribution is -2.67. The molecule has 7 atom stereocenters. The van der Waals surface area contributed by atoms with Crippen LogP contribution in [0.3, 0.4) is 0 Å². The highest BCUT2D eigenvalue weighted by Crippen LogP contribution is 2.37. The molecule has 3 saturated heterocycles. The largest absolute Gasteiger partial charge is 0.471 e. The third-order valence-corrected chi connectivity index (χ3v) is 7.25. The van der Waals surface area contributed by atoms with E-state index in [1.165, 1.54) is 6.92 Å². The molecule has 2 bridgehead atoms. The maximum atomic E-state index is 12.5. The van der Waals surface area contributed by atoms with Crippen LogP contribution in [-0.2, 0) is 33.4 Å². The number of fused-ring (bicyclic) bond motifs is 2. The molecule has 198 valence electrons. The monoisotopic (exact) mass is 529 g/mol. The lowest BCUT2D eigenvalue weighted by molar-refractivity contribution is -0.240. The lowest BCUT2D eigenvalue weighted by atomic mass is 9.88. The first-order chi connectivity index (χ1) is 16.3. The minimum Gasteiger partial charge on any atom is -0.388 e. The highest BCUT2D eigenvalue weighted by Gasteiger charge is 2.60. The quantitative estimate of drug-likeness (QED) is 0.176. The zero-order valence-corrected chi connectivity index (χ0v) is 19.3. The number of halogens is 3. The number of aliphatic hydroxyl groups excluding tert-OH is 2. The van der Waals surface area contributed by atoms with Crippen molar-refractivity contribution in [3.05, 3.63) is 0 Å². The smallest absolute Gasteiger partial charge is 0.388 e. The van der Waals surface area contributed by atoms with Crippen LogP contribution in [0.5, 0.6) is 0 Å². The molecule has 12 nitrogen and oxygen atoms in total. The van der Waals surface area contributed by atoms with Crippen molar-refractivity contribution in [1.29, 1.82) is 0 Å². The van der Waals surface area contributed by atoms with Gasteiger partial charge in [0.05, 0.1) is 37.7 Å². The number of thioether (sulfide) groups is 1. The summed E-state index contributed by atoms with van der Waals surface area (Å²) in [6.07, 6.45) is -10.3. The molecule has 3 aliphatic rings. The summed E-state index contributed by atoms with van der Waals surface area (Å²) in [6, 6.07) is -2.41. The van der Waals surface area contributed by atoms with Crippen molar-refractivity contribution in [1.82, 2.24) is 10.2 Å². The zero-order valence-electron chi connectivity index (χ0n) is 18.5. The Bertz CT molecular complexity index is 863. The van der Waals surface area contributed by atoms with Crippen LogP contribution < -0.4 is 11.1 Å². The van der Waals surface area contributed by atoms with Crippen LogP contribution in [0.1, 0.15) is 13.3 Å². The van der Waals surface area contributed by atoms with Gasteiger partial charge in [-0.1, -0.05) is 0 Å². The van der Waals surface area contributed by atoms with Crippen molar-refractivity contribution in [2.24, 2.45) is 5.73 Å². The molecule has 3 rings (SSSR count). The number of imide groups is 1. The molecule has 3 aliphatic heterocycles. The topological polar surface area (TPSA) is 178 Å². The van der Waals surface area contributed by atoms with Crippen LogP contribution in [0.2, 0.25) is 0 Å². The van der Waals surface area contributed by atoms with Gasteiger partial charge in [-0.25, -0.2) is 0 Å². The number of hydrogen-bond donors (Lipinski definition) is 4. The van der Waals surface area contributed by atoms with Crippen molar-refractivity contribution < 1.29 is 56.8 Å². The van der Waals surface area contributed by atoms with Gasteiger partial charge in [0.25, 0.3) is 0 Å². The number of nitrogens with one attached hydrogen (secondary N) is 1. The first-order valence-corrected chi connectivity index (χ1v) is 11.6. The summed E-state index contributed by atoms with van der Waals surface area (Å²) >= 11 is 1.12. The number of ether oxygens (including phenoxy) is 3. The third-order valence-electron chi connectivity index (χ3n) is 5.93. The summed E-state index contributed by atoms with van der Waals surface area (Å²) in [7, 11) is 0. The SMILES string of the molecule is CC(=O)[C@@H](N)CSC1CC(=O)N(CCOC[C@@]23CO[C@@H](O2)[C@@H](NC(=O)C(F)(F)F)[C@@H](O)[C@H]3O)C1=O. The molecular weight excluding hydrogens is 503 g/mol. The van der Waals surface area contributed by atoms with E-state index in [0.717, 1.165) is 16.7 Å². The molecular formula is C19H26F3N3O9S. The van der Waals surface area contributed by atoms with Gasteiger partial charge in [-0.3, -0.25) is 24.1 Å². The molecule has 5 N–H and O–H groups in total. The first-order valence-electron chi connectivity index (χ1n) is 10.6. The van der Waals surface area contributed by atoms with Gasteiger partial charge >= 0.3 is 12.1 Å². The molecule has 16 heteroatoms. The highest BCUT2D eigenvalue weighted by atomic mass is 32.2. The Balaban J connectivity index is 1.49. The van der Waals surface area contributed by atoms with Crippen LogP contribution in [0.25, 0.3) is 0 Å². The van der Waals surface area contributed by atoms with Crippen molar-refractivity contribution >= 4 is 35.3 Å². The Hall–Kier alpha value is -1.82. The number of alkyl halides is 3. The number of carbonyl (C=O) groups is 4. The average molecular weight is 529 g/mol. The molecule has 3 fully saturated rings. The van der Waals surface area contributed by atoms with Crippen molar-refractivity contribution in [3.8, 4) is 0 Å². The average Bonchev–Trinajstić information content (AvgIpc) is 3.30. The van der Waals surface area contributed by atoms with E-state index in [9.17, 15) is 42.6 Å². The van der Waals surface area contributed by atoms with E-state index in [2.05, 4.69) is 0 Å². The molecule has 0 aromatic carbocycles. The Labute approximate surface area is 201 Å². The zero-order chi connectivity index (χ0) is 26.1. The number of amides is 3. The van der Waals surface area contributed by atoms with Crippen molar-refractivity contribution in [3.63, 3.8) is 0 Å². The summed E-state index contributed by atoms with van der Waals surface area (Å²) in [5.74, 6) is -3.24. The van der Waals surface area contributed by atoms with Gasteiger partial charge in [-0.05, 0) is 6.92 Å². The summed E-state index contributed by atoms with van der Waals surface area (Å²) in [6.45, 7) is 0.345. The number of nitrogens with zero attached hydrogens (tertiary/aromatic N) is 1. The Morgan fingerprint density at radius 1 is 1.37 bits per heavy atom. The maximum absolute atomic E-state index is 12.5. The van der Waals surface area contributed by atoms with Crippen LogP contribution in [0.4, 0.5) is 13.2 Å². The van der Waals surface area contributed by atoms with Gasteiger partial charge < -0.3 is 35.5 Å². The number of hydrogen-bond acceptors (Lipinski definition) is 11. The standard InChI is InChI=1S/C19H26F3N3O9S/c1-8(26)9(23)5-35-10-4-11(27)25(15(10)30)2-3-32-6-18-7-33-16(34-18)12(13(28)14(18)29)24-17(31)19(20,21)22/h9-10,12-14,16,28-29H,2-7,23H2,1H3,(H,24,31)/t9-,10?,12-,13+,14+,16-,18-/m0/s1. The Morgan fingerprint density at radius 3 is 2.69 bits per heavy atom. The number of ketones is 1. The fourth-order valence-electron chi connectivity index (χ4n) is 3.83. The van der Waals surface area contributed by atoms with Gasteiger partial charge in [0.1, 0.15) is 29.6 Å². The van der Waals surface area contributed by atoms with Gasteiger partial charge in [0.2, 0.25) is 11.8 Å². The van der Waals surface area contributed by atoms with Crippen molar-refractivity contribution in [2.75, 3.05) is 32.1 Å². The van der Waals surface area contributed by atoms with E-state index in [4.69, 9.17) is 19.9 Å². The summed E-state index contributed by atoms with van der Waals surface area (Å²) in [4.78, 5) is 48.1. The molecule has 1 unspecified atom stereocenters. The number of carbonyl (C=O) groups excluding carboxylic acids is 4. The van der Waals surface area contributed by atoms with Crippen LogP contribution in [-0.4, -0.2) is 118 Å². The molecule has 35 heavy (non-hydrogen) atoms. The second-order valence-corrected chi connectivity index (χ2v) is 9.71. The predicted octanol–water partition coefficient (Wildman–Crippen LogP) is -2.33. The molecule has 0 saturated carbocycles. The number of Topliss-reactive ketones (excluding diaryl/α,β-unsaturated/α-hetero) is 1. The van der Waals surface area contributed by atoms with Gasteiger partial charge in [0, 0.05) is 12.2 Å². The van der Waals surface area contributed by atoms with Crippen LogP contribution >= 0.6 is 11.8 Å². The fourth-order valence-corrected chi connectivity index (χ4v) is 5.03. The van der Waals surface area contributed by atoms with E-state index >= 15 is 0 Å². The van der Waals surface area contributed by atoms with E-state index in [1.807, 2.05) is 0 Å². The first kappa shape index (κ1) is 27.8. The van der Waals surface area contributed by atoms with Gasteiger partial charge in [0.15, 0.2) is 6.29 Å². The highest BCUT2D eigenvalue weighted by molar-refractivity contribution is 8.00. The molecule has 3 amide bonds. The molecule has 0 spiro atoms. The summed E-state index contributed by atoms with van der Waals surface area (Å²) in [5, 5.41) is 21.6. The molecule has 0 aliphatic carbocycles. The molecule has 0 aromatic rings. The van der Waals surface area contributed by atoms with Crippen molar-refractivity contribution in [2.45, 2.75) is 61.0 Å². The Kier molecular flexibility index (Phi) is 8.45. The second kappa shape index (κ2) is 10.7. The Morgan fingerprint density at radius 2 is 2.06 bits per heavy atom. The van der Waals surface area contributed by atoms with Crippen LogP contribution in [0, 0.1) is 0 Å². The van der Waals surface area contributed by atoms with E-state index in [1.54, 1.807) is 5.32 Å². The van der Waals surface area contributed by atoms with Gasteiger partial charge in [-0.15, -0.1) is 11.8 Å². The molecule has 0 aromatic heterocycles. The van der Waals surface area contributed by atoms with Gasteiger partial charge in [-0.2, -0.15) is 13.2 Å². The maximum Gasteiger partial charge on any atom is 0.471 e. The van der Waals surface area contributed by atoms with Crippen LogP contribution in [0.15, 0.2) is 0 Å². The number of rotatable bonds is 10. The number of aliphatic hydroxyl groups is 2. The fraction of sp³-hybridized carbons (Fsp3) is 0.789. The van der Waals surface area contributed by atoms with E-state index in [0.29, 0.717) is 0 Å². The summed E-state index contributed by atoms with van der Waals surface area (Å²) in [5.41, 5.74) is 4.03. The lowest BCUT2D eigenvalue weighted by Gasteiger charge is -2.42. The van der Waals surface area contributed by atoms with E-state index in [-0.39, 0.29) is 44.3 Å². The minimum absolute atomic E-state index is 0.0490. The minimum atomic E-state index is -5.21. The predicted molar refractivity (Wildman–Crippen MR) is 111 cm³/mol. The normalized spacial score (nSPS) is 33.8. The third kappa shape index (κ3) is 5.95. The van der Waals surface area contributed by atoms with E-state index < -0.39 is 65.3 Å². The second-order valence-electron chi connectivity index (χ2n) is 8.47. The number of nitrogens with two attached hydrogens (primary N) is 1. The summed E-state index contributed by atoms with van der Waals surface area (Å²) < 4.78 is 53.8. The number of likely N-dealkylation sites (tertiary alicyclic amines) is 1. The molecule has 0 radical (unpaired) electrons. The molecule has 3 heterocycles.